The van der Waals surface area contributed by atoms with Crippen molar-refractivity contribution in [2.24, 2.45) is 0 Å². The lowest BCUT2D eigenvalue weighted by Crippen LogP contribution is -2.36. The van der Waals surface area contributed by atoms with E-state index in [1.165, 1.54) is 5.56 Å². The molecule has 6 nitrogen and oxygen atoms in total. The number of ether oxygens (including phenoxy) is 5. The molecular weight excluding hydrogens is 324 g/mol. The molecule has 2 heterocycles. The van der Waals surface area contributed by atoms with E-state index in [9.17, 15) is 0 Å². The van der Waals surface area contributed by atoms with E-state index in [4.69, 9.17) is 28.8 Å². The summed E-state index contributed by atoms with van der Waals surface area (Å²) in [5.41, 5.74) is 1.22. The monoisotopic (exact) mass is 354 g/mol. The minimum Gasteiger partial charge on any atom is -0.396 e. The SMILES string of the molecule is OCCCOC1COC1.c1ccc(COCCCOC2COC2)cc1. The lowest BCUT2D eigenvalue weighted by molar-refractivity contribution is -0.131. The minimum atomic E-state index is 0.216. The predicted molar refractivity (Wildman–Crippen MR) is 93.5 cm³/mol. The molecule has 0 amide bonds. The molecule has 0 atom stereocenters. The topological polar surface area (TPSA) is 66.4 Å². The van der Waals surface area contributed by atoms with Gasteiger partial charge >= 0.3 is 0 Å². The maximum absolute atomic E-state index is 8.36. The highest BCUT2D eigenvalue weighted by molar-refractivity contribution is 5.13. The molecule has 1 aromatic carbocycles. The molecule has 3 rings (SSSR count). The minimum absolute atomic E-state index is 0.216. The van der Waals surface area contributed by atoms with E-state index in [-0.39, 0.29) is 6.61 Å². The molecule has 0 aliphatic carbocycles. The molecule has 2 fully saturated rings. The first-order chi connectivity index (χ1) is 12.4. The average Bonchev–Trinajstić information content (AvgIpc) is 2.56. The fraction of sp³-hybridized carbons (Fsp3) is 0.684. The Balaban J connectivity index is 0.000000212. The molecule has 25 heavy (non-hydrogen) atoms. The van der Waals surface area contributed by atoms with Gasteiger partial charge in [0.2, 0.25) is 0 Å². The summed E-state index contributed by atoms with van der Waals surface area (Å²) in [5.74, 6) is 0. The van der Waals surface area contributed by atoms with Crippen LogP contribution in [0.1, 0.15) is 18.4 Å². The summed E-state index contributed by atoms with van der Waals surface area (Å²) in [6.45, 7) is 6.05. The summed E-state index contributed by atoms with van der Waals surface area (Å²) in [6.07, 6.45) is 2.31. The molecule has 1 aromatic rings. The van der Waals surface area contributed by atoms with Crippen LogP contribution in [-0.2, 0) is 30.3 Å². The quantitative estimate of drug-likeness (QED) is 0.611. The first-order valence-electron chi connectivity index (χ1n) is 8.99. The smallest absolute Gasteiger partial charge is 0.104 e. The highest BCUT2D eigenvalue weighted by Gasteiger charge is 2.18. The zero-order valence-electron chi connectivity index (χ0n) is 14.8. The van der Waals surface area contributed by atoms with Crippen LogP contribution in [0.25, 0.3) is 0 Å². The highest BCUT2D eigenvalue weighted by Crippen LogP contribution is 2.06. The van der Waals surface area contributed by atoms with Gasteiger partial charge in [0.1, 0.15) is 12.2 Å². The van der Waals surface area contributed by atoms with Crippen molar-refractivity contribution in [1.82, 2.24) is 0 Å². The van der Waals surface area contributed by atoms with Crippen LogP contribution < -0.4 is 0 Å². The van der Waals surface area contributed by atoms with Crippen LogP contribution in [-0.4, -0.2) is 70.2 Å². The summed E-state index contributed by atoms with van der Waals surface area (Å²) in [5, 5.41) is 8.36. The third-order valence-electron chi connectivity index (χ3n) is 3.77. The third-order valence-corrected chi connectivity index (χ3v) is 3.77. The number of hydrogen-bond acceptors (Lipinski definition) is 6. The maximum Gasteiger partial charge on any atom is 0.104 e. The van der Waals surface area contributed by atoms with E-state index in [1.54, 1.807) is 0 Å². The van der Waals surface area contributed by atoms with Gasteiger partial charge in [-0.1, -0.05) is 30.3 Å². The van der Waals surface area contributed by atoms with Crippen LogP contribution >= 0.6 is 0 Å². The number of aliphatic hydroxyl groups is 1. The van der Waals surface area contributed by atoms with E-state index in [1.807, 2.05) is 18.2 Å². The normalized spacial score (nSPS) is 17.3. The number of rotatable bonds is 11. The highest BCUT2D eigenvalue weighted by atomic mass is 16.6. The van der Waals surface area contributed by atoms with Crippen molar-refractivity contribution in [3.05, 3.63) is 35.9 Å². The van der Waals surface area contributed by atoms with Gasteiger partial charge in [-0.05, 0) is 18.4 Å². The fourth-order valence-corrected chi connectivity index (χ4v) is 2.11. The zero-order chi connectivity index (χ0) is 17.6. The van der Waals surface area contributed by atoms with Crippen molar-refractivity contribution in [3.8, 4) is 0 Å². The Morgan fingerprint density at radius 1 is 0.840 bits per heavy atom. The van der Waals surface area contributed by atoms with Gasteiger partial charge in [0.25, 0.3) is 0 Å². The molecule has 0 aromatic heterocycles. The van der Waals surface area contributed by atoms with Crippen LogP contribution in [0.3, 0.4) is 0 Å². The maximum atomic E-state index is 8.36. The Kier molecular flexibility index (Phi) is 10.7. The van der Waals surface area contributed by atoms with Crippen LogP contribution in [0.2, 0.25) is 0 Å². The van der Waals surface area contributed by atoms with E-state index in [2.05, 4.69) is 12.1 Å². The van der Waals surface area contributed by atoms with Gasteiger partial charge in [-0.15, -0.1) is 0 Å². The number of benzene rings is 1. The van der Waals surface area contributed by atoms with Crippen LogP contribution in [0.15, 0.2) is 30.3 Å². The van der Waals surface area contributed by atoms with Crippen molar-refractivity contribution in [1.29, 1.82) is 0 Å². The van der Waals surface area contributed by atoms with E-state index >= 15 is 0 Å². The Bertz CT molecular complexity index is 419. The molecular formula is C19H30O6. The van der Waals surface area contributed by atoms with Gasteiger partial charge in [-0.25, -0.2) is 0 Å². The molecule has 142 valence electrons. The van der Waals surface area contributed by atoms with Gasteiger partial charge < -0.3 is 28.8 Å². The van der Waals surface area contributed by atoms with Crippen molar-refractivity contribution in [2.45, 2.75) is 31.7 Å². The molecule has 0 spiro atoms. The Hall–Kier alpha value is -1.02. The predicted octanol–water partition coefficient (Wildman–Crippen LogP) is 1.79. The van der Waals surface area contributed by atoms with Crippen molar-refractivity contribution in [3.63, 3.8) is 0 Å². The van der Waals surface area contributed by atoms with Crippen LogP contribution in [0.5, 0.6) is 0 Å². The van der Waals surface area contributed by atoms with Crippen LogP contribution in [0, 0.1) is 0 Å². The second kappa shape index (κ2) is 13.2. The molecule has 1 N–H and O–H groups in total. The summed E-state index contributed by atoms with van der Waals surface area (Å²) >= 11 is 0. The summed E-state index contributed by atoms with van der Waals surface area (Å²) in [4.78, 5) is 0. The molecule has 2 aliphatic rings. The number of aliphatic hydroxyl groups excluding tert-OH is 1. The van der Waals surface area contributed by atoms with Crippen molar-refractivity contribution in [2.75, 3.05) is 52.9 Å². The lowest BCUT2D eigenvalue weighted by Gasteiger charge is -2.25. The Morgan fingerprint density at radius 3 is 1.96 bits per heavy atom. The molecule has 6 heteroatoms. The molecule has 2 aliphatic heterocycles. The first kappa shape index (κ1) is 20.3. The molecule has 0 radical (unpaired) electrons. The Labute approximate surface area is 150 Å². The van der Waals surface area contributed by atoms with Gasteiger partial charge in [-0.3, -0.25) is 0 Å². The summed E-state index contributed by atoms with van der Waals surface area (Å²) in [7, 11) is 0. The van der Waals surface area contributed by atoms with Gasteiger partial charge in [0.05, 0.1) is 33.0 Å². The second-order valence-corrected chi connectivity index (χ2v) is 6.03. The Morgan fingerprint density at radius 2 is 1.44 bits per heavy atom. The van der Waals surface area contributed by atoms with Gasteiger partial charge in [0, 0.05) is 26.4 Å². The summed E-state index contributed by atoms with van der Waals surface area (Å²) in [6, 6.07) is 10.2. The first-order valence-corrected chi connectivity index (χ1v) is 8.99. The zero-order valence-corrected chi connectivity index (χ0v) is 14.8. The molecule has 2 saturated heterocycles. The number of hydrogen-bond donors (Lipinski definition) is 1. The molecule has 0 saturated carbocycles. The summed E-state index contributed by atoms with van der Waals surface area (Å²) < 4.78 is 26.2. The largest absolute Gasteiger partial charge is 0.396 e. The second-order valence-electron chi connectivity index (χ2n) is 6.03. The van der Waals surface area contributed by atoms with E-state index in [0.29, 0.717) is 25.4 Å². The average molecular weight is 354 g/mol. The van der Waals surface area contributed by atoms with E-state index in [0.717, 1.165) is 52.5 Å². The van der Waals surface area contributed by atoms with Crippen molar-refractivity contribution >= 4 is 0 Å². The van der Waals surface area contributed by atoms with Crippen LogP contribution in [0.4, 0.5) is 0 Å². The lowest BCUT2D eigenvalue weighted by atomic mass is 10.2. The fourth-order valence-electron chi connectivity index (χ4n) is 2.11. The molecule has 0 bridgehead atoms. The van der Waals surface area contributed by atoms with Crippen molar-refractivity contribution < 1.29 is 28.8 Å². The standard InChI is InChI=1S/C13H18O3.C6H12O3/c1-2-5-12(6-3-1)9-14-7-4-8-16-13-10-15-11-13;7-2-1-3-9-6-4-8-5-6/h1-3,5-6,13H,4,7-11H2;6-7H,1-5H2. The third kappa shape index (κ3) is 9.30. The van der Waals surface area contributed by atoms with E-state index < -0.39 is 0 Å². The van der Waals surface area contributed by atoms with Gasteiger partial charge in [-0.2, -0.15) is 0 Å². The molecule has 0 unspecified atom stereocenters. The van der Waals surface area contributed by atoms with Gasteiger partial charge in [0.15, 0.2) is 0 Å².